The molecule has 1 amide bonds. The van der Waals surface area contributed by atoms with Crippen molar-refractivity contribution in [2.24, 2.45) is 0 Å². The van der Waals surface area contributed by atoms with Gasteiger partial charge in [-0.05, 0) is 37.6 Å². The maximum absolute atomic E-state index is 12.2. The molecule has 0 aliphatic carbocycles. The number of ether oxygens (including phenoxy) is 1. The zero-order chi connectivity index (χ0) is 15.1. The number of nitrogens with one attached hydrogen (secondary N) is 1. The van der Waals surface area contributed by atoms with E-state index in [2.05, 4.69) is 10.3 Å². The first-order valence-corrected chi connectivity index (χ1v) is 7.10. The highest BCUT2D eigenvalue weighted by Crippen LogP contribution is 2.14. The lowest BCUT2D eigenvalue weighted by Gasteiger charge is -2.17. The van der Waals surface area contributed by atoms with E-state index in [0.717, 1.165) is 11.3 Å². The molecule has 1 atom stereocenters. The van der Waals surface area contributed by atoms with Crippen LogP contribution >= 0.6 is 0 Å². The number of nitrogens with zero attached hydrogens (tertiary/aromatic N) is 1. The number of carbonyl (C=O) groups is 1. The molecule has 110 valence electrons. The fourth-order valence-corrected chi connectivity index (χ4v) is 1.90. The first-order valence-electron chi connectivity index (χ1n) is 7.10. The van der Waals surface area contributed by atoms with Crippen molar-refractivity contribution in [3.05, 3.63) is 59.9 Å². The van der Waals surface area contributed by atoms with Gasteiger partial charge in [-0.2, -0.15) is 0 Å². The summed E-state index contributed by atoms with van der Waals surface area (Å²) < 4.78 is 5.74. The lowest BCUT2D eigenvalue weighted by molar-refractivity contribution is -0.128. The molecule has 4 nitrogen and oxygen atoms in total. The molecule has 0 fully saturated rings. The average molecular weight is 284 g/mol. The van der Waals surface area contributed by atoms with Gasteiger partial charge in [0.25, 0.3) is 5.91 Å². The van der Waals surface area contributed by atoms with E-state index >= 15 is 0 Å². The molecule has 0 saturated heterocycles. The number of amides is 1. The summed E-state index contributed by atoms with van der Waals surface area (Å²) in [5.41, 5.74) is 1.99. The molecule has 0 aliphatic rings. The number of carbonyl (C=O) groups excluding carboxylic acids is 1. The topological polar surface area (TPSA) is 51.2 Å². The van der Waals surface area contributed by atoms with Crippen LogP contribution in [0.5, 0.6) is 5.75 Å². The van der Waals surface area contributed by atoms with E-state index in [1.807, 2.05) is 56.3 Å². The molecule has 21 heavy (non-hydrogen) atoms. The quantitative estimate of drug-likeness (QED) is 0.887. The smallest absolute Gasteiger partial charge is 0.261 e. The molecule has 1 unspecified atom stereocenters. The molecule has 2 aromatic rings. The van der Waals surface area contributed by atoms with E-state index in [-0.39, 0.29) is 5.91 Å². The Bertz CT molecular complexity index is 567. The van der Waals surface area contributed by atoms with Gasteiger partial charge >= 0.3 is 0 Å². The number of benzene rings is 1. The average Bonchev–Trinajstić information content (AvgIpc) is 2.53. The minimum Gasteiger partial charge on any atom is -0.481 e. The van der Waals surface area contributed by atoms with Gasteiger partial charge in [0.1, 0.15) is 5.75 Å². The predicted octanol–water partition coefficient (Wildman–Crippen LogP) is 2.86. The van der Waals surface area contributed by atoms with Crippen LogP contribution in [0.2, 0.25) is 0 Å². The van der Waals surface area contributed by atoms with Gasteiger partial charge in [-0.15, -0.1) is 0 Å². The van der Waals surface area contributed by atoms with Gasteiger partial charge in [0, 0.05) is 6.20 Å². The highest BCUT2D eigenvalue weighted by molar-refractivity contribution is 5.81. The Morgan fingerprint density at radius 2 is 2.00 bits per heavy atom. The zero-order valence-corrected chi connectivity index (χ0v) is 12.4. The van der Waals surface area contributed by atoms with E-state index in [9.17, 15) is 4.79 Å². The van der Waals surface area contributed by atoms with Crippen molar-refractivity contribution in [3.8, 4) is 5.75 Å². The van der Waals surface area contributed by atoms with Crippen molar-refractivity contribution in [2.45, 2.75) is 32.9 Å². The third-order valence-corrected chi connectivity index (χ3v) is 3.13. The molecule has 2 rings (SSSR count). The SMILES string of the molecule is CCC(Oc1ccc(C)cc1)C(=O)NCc1ccccn1. The van der Waals surface area contributed by atoms with E-state index in [4.69, 9.17) is 4.74 Å². The number of hydrogen-bond donors (Lipinski definition) is 1. The second kappa shape index (κ2) is 7.43. The second-order valence-corrected chi connectivity index (χ2v) is 4.87. The number of pyridine rings is 1. The Labute approximate surface area is 125 Å². The van der Waals surface area contributed by atoms with Gasteiger partial charge < -0.3 is 10.1 Å². The zero-order valence-electron chi connectivity index (χ0n) is 12.4. The minimum atomic E-state index is -0.489. The van der Waals surface area contributed by atoms with Crippen molar-refractivity contribution in [1.29, 1.82) is 0 Å². The molecule has 0 saturated carbocycles. The monoisotopic (exact) mass is 284 g/mol. The molecule has 1 aromatic heterocycles. The summed E-state index contributed by atoms with van der Waals surface area (Å²) in [5.74, 6) is 0.587. The lowest BCUT2D eigenvalue weighted by Crippen LogP contribution is -2.37. The van der Waals surface area contributed by atoms with Crippen LogP contribution in [0.4, 0.5) is 0 Å². The van der Waals surface area contributed by atoms with Crippen molar-refractivity contribution >= 4 is 5.91 Å². The standard InChI is InChI=1S/C17H20N2O2/c1-3-16(21-15-9-7-13(2)8-10-15)17(20)19-12-14-6-4-5-11-18-14/h4-11,16H,3,12H2,1-2H3,(H,19,20). The van der Waals surface area contributed by atoms with Crippen LogP contribution in [0.25, 0.3) is 0 Å². The Morgan fingerprint density at radius 1 is 1.24 bits per heavy atom. The minimum absolute atomic E-state index is 0.122. The predicted molar refractivity (Wildman–Crippen MR) is 82.0 cm³/mol. The Morgan fingerprint density at radius 3 is 2.62 bits per heavy atom. The Balaban J connectivity index is 1.90. The normalized spacial score (nSPS) is 11.7. The van der Waals surface area contributed by atoms with Gasteiger partial charge in [0.15, 0.2) is 6.10 Å². The summed E-state index contributed by atoms with van der Waals surface area (Å²) in [6, 6.07) is 13.3. The molecule has 1 heterocycles. The third kappa shape index (κ3) is 4.60. The Kier molecular flexibility index (Phi) is 5.32. The molecular weight excluding hydrogens is 264 g/mol. The summed E-state index contributed by atoms with van der Waals surface area (Å²) in [4.78, 5) is 16.3. The van der Waals surface area contributed by atoms with Gasteiger partial charge in [-0.3, -0.25) is 9.78 Å². The van der Waals surface area contributed by atoms with Gasteiger partial charge in [0.05, 0.1) is 12.2 Å². The van der Waals surface area contributed by atoms with E-state index in [1.54, 1.807) is 6.20 Å². The maximum Gasteiger partial charge on any atom is 0.261 e. The number of hydrogen-bond acceptors (Lipinski definition) is 3. The number of aromatic nitrogens is 1. The molecule has 0 radical (unpaired) electrons. The van der Waals surface area contributed by atoms with Crippen LogP contribution in [-0.2, 0) is 11.3 Å². The fourth-order valence-electron chi connectivity index (χ4n) is 1.90. The van der Waals surface area contributed by atoms with E-state index in [0.29, 0.717) is 18.7 Å². The second-order valence-electron chi connectivity index (χ2n) is 4.87. The van der Waals surface area contributed by atoms with Crippen LogP contribution in [0.3, 0.4) is 0 Å². The summed E-state index contributed by atoms with van der Waals surface area (Å²) >= 11 is 0. The highest BCUT2D eigenvalue weighted by atomic mass is 16.5. The summed E-state index contributed by atoms with van der Waals surface area (Å²) in [6.45, 7) is 4.35. The van der Waals surface area contributed by atoms with Crippen LogP contribution in [-0.4, -0.2) is 17.0 Å². The highest BCUT2D eigenvalue weighted by Gasteiger charge is 2.18. The van der Waals surface area contributed by atoms with Crippen LogP contribution in [0.1, 0.15) is 24.6 Å². The van der Waals surface area contributed by atoms with Crippen LogP contribution in [0, 0.1) is 6.92 Å². The molecule has 0 bridgehead atoms. The van der Waals surface area contributed by atoms with Crippen molar-refractivity contribution in [1.82, 2.24) is 10.3 Å². The number of rotatable bonds is 6. The van der Waals surface area contributed by atoms with Crippen LogP contribution in [0.15, 0.2) is 48.7 Å². The lowest BCUT2D eigenvalue weighted by atomic mass is 10.2. The maximum atomic E-state index is 12.2. The largest absolute Gasteiger partial charge is 0.481 e. The summed E-state index contributed by atoms with van der Waals surface area (Å²) in [5, 5.41) is 2.86. The van der Waals surface area contributed by atoms with Gasteiger partial charge in [-0.25, -0.2) is 0 Å². The molecular formula is C17H20N2O2. The fraction of sp³-hybridized carbons (Fsp3) is 0.294. The first-order chi connectivity index (χ1) is 10.2. The molecule has 0 spiro atoms. The Hall–Kier alpha value is -2.36. The van der Waals surface area contributed by atoms with Crippen LogP contribution < -0.4 is 10.1 Å². The first kappa shape index (κ1) is 15.0. The van der Waals surface area contributed by atoms with Gasteiger partial charge in [-0.1, -0.05) is 30.7 Å². The molecule has 4 heteroatoms. The van der Waals surface area contributed by atoms with E-state index in [1.165, 1.54) is 0 Å². The summed E-state index contributed by atoms with van der Waals surface area (Å²) in [6.07, 6.45) is 1.83. The number of aryl methyl sites for hydroxylation is 1. The third-order valence-electron chi connectivity index (χ3n) is 3.13. The van der Waals surface area contributed by atoms with Crippen molar-refractivity contribution in [2.75, 3.05) is 0 Å². The molecule has 0 aliphatic heterocycles. The summed E-state index contributed by atoms with van der Waals surface area (Å²) in [7, 11) is 0. The van der Waals surface area contributed by atoms with Crippen molar-refractivity contribution in [3.63, 3.8) is 0 Å². The van der Waals surface area contributed by atoms with Crippen molar-refractivity contribution < 1.29 is 9.53 Å². The van der Waals surface area contributed by atoms with E-state index < -0.39 is 6.10 Å². The molecule has 1 aromatic carbocycles. The van der Waals surface area contributed by atoms with Gasteiger partial charge in [0.2, 0.25) is 0 Å². The molecule has 1 N–H and O–H groups in total.